The van der Waals surface area contributed by atoms with Crippen LogP contribution >= 0.6 is 0 Å². The molecule has 0 radical (unpaired) electrons. The molecule has 22 heavy (non-hydrogen) atoms. The first-order chi connectivity index (χ1) is 10.6. The zero-order valence-electron chi connectivity index (χ0n) is 12.4. The molecule has 0 saturated heterocycles. The standard InChI is InChI=1S/C16H17N3O3/c1-3-9(2)12(16(20)21)19-15-14-13(17-8-18-15)10-6-4-5-7-11(10)22-14/h4-9,12H,3H2,1-2H3,(H,20,21)(H,17,18,19)/t9-,12+/m1/s1. The largest absolute Gasteiger partial charge is 0.480 e. The number of carbonyl (C=O) groups is 1. The maximum Gasteiger partial charge on any atom is 0.326 e. The van der Waals surface area contributed by atoms with Gasteiger partial charge in [0, 0.05) is 5.39 Å². The van der Waals surface area contributed by atoms with Crippen molar-refractivity contribution >= 4 is 33.9 Å². The third kappa shape index (κ3) is 2.36. The Morgan fingerprint density at radius 3 is 2.86 bits per heavy atom. The second kappa shape index (κ2) is 5.63. The maximum absolute atomic E-state index is 11.5. The molecular weight excluding hydrogens is 282 g/mol. The van der Waals surface area contributed by atoms with Crippen LogP contribution in [0.25, 0.3) is 22.1 Å². The number of aliphatic carboxylic acids is 1. The minimum atomic E-state index is -0.905. The van der Waals surface area contributed by atoms with Gasteiger partial charge in [-0.15, -0.1) is 0 Å². The summed E-state index contributed by atoms with van der Waals surface area (Å²) in [7, 11) is 0. The molecule has 2 N–H and O–H groups in total. The van der Waals surface area contributed by atoms with Gasteiger partial charge < -0.3 is 14.8 Å². The topological polar surface area (TPSA) is 88.3 Å². The lowest BCUT2D eigenvalue weighted by Gasteiger charge is -2.20. The number of nitrogens with zero attached hydrogens (tertiary/aromatic N) is 2. The van der Waals surface area contributed by atoms with Crippen molar-refractivity contribution in [2.24, 2.45) is 5.92 Å². The van der Waals surface area contributed by atoms with E-state index in [1.807, 2.05) is 38.1 Å². The average Bonchev–Trinajstić information content (AvgIpc) is 2.91. The summed E-state index contributed by atoms with van der Waals surface area (Å²) in [4.78, 5) is 19.9. The molecule has 0 aliphatic carbocycles. The molecule has 2 aromatic heterocycles. The Morgan fingerprint density at radius 1 is 1.36 bits per heavy atom. The quantitative estimate of drug-likeness (QED) is 0.751. The van der Waals surface area contributed by atoms with E-state index in [4.69, 9.17) is 4.42 Å². The van der Waals surface area contributed by atoms with Crippen molar-refractivity contribution in [3.05, 3.63) is 30.6 Å². The van der Waals surface area contributed by atoms with E-state index in [-0.39, 0.29) is 5.92 Å². The monoisotopic (exact) mass is 299 g/mol. The van der Waals surface area contributed by atoms with Crippen LogP contribution in [0.3, 0.4) is 0 Å². The molecule has 0 fully saturated rings. The second-order valence-electron chi connectivity index (χ2n) is 5.34. The Labute approximate surface area is 127 Å². The lowest BCUT2D eigenvalue weighted by atomic mass is 9.99. The van der Waals surface area contributed by atoms with Crippen molar-refractivity contribution in [1.29, 1.82) is 0 Å². The highest BCUT2D eigenvalue weighted by Crippen LogP contribution is 2.31. The average molecular weight is 299 g/mol. The Bertz CT molecular complexity index is 828. The fourth-order valence-corrected chi connectivity index (χ4v) is 2.46. The van der Waals surface area contributed by atoms with E-state index >= 15 is 0 Å². The molecule has 2 heterocycles. The smallest absolute Gasteiger partial charge is 0.326 e. The molecule has 0 spiro atoms. The van der Waals surface area contributed by atoms with E-state index in [1.165, 1.54) is 6.33 Å². The van der Waals surface area contributed by atoms with Crippen molar-refractivity contribution in [3.63, 3.8) is 0 Å². The Morgan fingerprint density at radius 2 is 2.14 bits per heavy atom. The number of aromatic nitrogens is 2. The van der Waals surface area contributed by atoms with Gasteiger partial charge in [-0.2, -0.15) is 0 Å². The van der Waals surface area contributed by atoms with Gasteiger partial charge in [0.15, 0.2) is 11.4 Å². The summed E-state index contributed by atoms with van der Waals surface area (Å²) in [5.41, 5.74) is 1.87. The highest BCUT2D eigenvalue weighted by Gasteiger charge is 2.25. The number of furan rings is 1. The fraction of sp³-hybridized carbons (Fsp3) is 0.312. The van der Waals surface area contributed by atoms with E-state index < -0.39 is 12.0 Å². The predicted molar refractivity (Wildman–Crippen MR) is 83.8 cm³/mol. The van der Waals surface area contributed by atoms with Crippen LogP contribution in [-0.4, -0.2) is 27.1 Å². The van der Waals surface area contributed by atoms with Crippen LogP contribution in [0.4, 0.5) is 5.82 Å². The van der Waals surface area contributed by atoms with Crippen molar-refractivity contribution in [1.82, 2.24) is 9.97 Å². The predicted octanol–water partition coefficient (Wildman–Crippen LogP) is 3.29. The van der Waals surface area contributed by atoms with Gasteiger partial charge >= 0.3 is 5.97 Å². The van der Waals surface area contributed by atoms with Gasteiger partial charge in [-0.3, -0.25) is 0 Å². The summed E-state index contributed by atoms with van der Waals surface area (Å²) < 4.78 is 5.80. The summed E-state index contributed by atoms with van der Waals surface area (Å²) in [5, 5.41) is 13.3. The number of benzene rings is 1. The van der Waals surface area contributed by atoms with Crippen LogP contribution in [0, 0.1) is 5.92 Å². The van der Waals surface area contributed by atoms with E-state index in [0.29, 0.717) is 22.5 Å². The van der Waals surface area contributed by atoms with E-state index in [2.05, 4.69) is 15.3 Å². The number of hydrogen-bond acceptors (Lipinski definition) is 5. The number of rotatable bonds is 5. The Kier molecular flexibility index (Phi) is 3.66. The molecule has 2 atom stereocenters. The van der Waals surface area contributed by atoms with Crippen LogP contribution in [-0.2, 0) is 4.79 Å². The summed E-state index contributed by atoms with van der Waals surface area (Å²) >= 11 is 0. The molecule has 0 bridgehead atoms. The Balaban J connectivity index is 2.09. The number of nitrogens with one attached hydrogen (secondary N) is 1. The SMILES string of the molecule is CC[C@@H](C)[C@H](Nc1ncnc2c1oc1ccccc12)C(=O)O. The number of para-hydroxylation sites is 1. The number of carboxylic acid groups (broad SMARTS) is 1. The van der Waals surface area contributed by atoms with Crippen LogP contribution in [0.5, 0.6) is 0 Å². The molecule has 3 aromatic rings. The highest BCUT2D eigenvalue weighted by molar-refractivity contribution is 6.05. The lowest BCUT2D eigenvalue weighted by Crippen LogP contribution is -2.35. The lowest BCUT2D eigenvalue weighted by molar-refractivity contribution is -0.139. The minimum Gasteiger partial charge on any atom is -0.480 e. The summed E-state index contributed by atoms with van der Waals surface area (Å²) in [6.45, 7) is 3.85. The van der Waals surface area contributed by atoms with E-state index in [1.54, 1.807) is 0 Å². The molecular formula is C16H17N3O3. The fourth-order valence-electron chi connectivity index (χ4n) is 2.46. The first kappa shape index (κ1) is 14.3. The molecule has 0 amide bonds. The van der Waals surface area contributed by atoms with Crippen LogP contribution in [0.15, 0.2) is 35.0 Å². The first-order valence-electron chi connectivity index (χ1n) is 7.23. The molecule has 6 nitrogen and oxygen atoms in total. The number of hydrogen-bond donors (Lipinski definition) is 2. The molecule has 3 rings (SSSR count). The van der Waals surface area contributed by atoms with Crippen molar-refractivity contribution in [2.45, 2.75) is 26.3 Å². The molecule has 1 aromatic carbocycles. The first-order valence-corrected chi connectivity index (χ1v) is 7.23. The third-order valence-electron chi connectivity index (χ3n) is 3.93. The number of anilines is 1. The van der Waals surface area contributed by atoms with Gasteiger partial charge in [0.1, 0.15) is 23.5 Å². The van der Waals surface area contributed by atoms with Gasteiger partial charge in [0.2, 0.25) is 0 Å². The summed E-state index contributed by atoms with van der Waals surface area (Å²) in [5.74, 6) is -0.530. The van der Waals surface area contributed by atoms with Gasteiger partial charge in [-0.05, 0) is 18.1 Å². The normalized spacial score (nSPS) is 14.1. The van der Waals surface area contributed by atoms with Crippen LogP contribution in [0.1, 0.15) is 20.3 Å². The van der Waals surface area contributed by atoms with Gasteiger partial charge in [0.25, 0.3) is 0 Å². The Hall–Kier alpha value is -2.63. The molecule has 6 heteroatoms. The number of carboxylic acids is 1. The summed E-state index contributed by atoms with van der Waals surface area (Å²) in [6, 6.07) is 6.83. The second-order valence-corrected chi connectivity index (χ2v) is 5.34. The maximum atomic E-state index is 11.5. The summed E-state index contributed by atoms with van der Waals surface area (Å²) in [6.07, 6.45) is 2.17. The van der Waals surface area contributed by atoms with Gasteiger partial charge in [-0.25, -0.2) is 14.8 Å². The van der Waals surface area contributed by atoms with E-state index in [9.17, 15) is 9.90 Å². The van der Waals surface area contributed by atoms with E-state index in [0.717, 1.165) is 11.8 Å². The zero-order valence-corrected chi connectivity index (χ0v) is 12.4. The van der Waals surface area contributed by atoms with Crippen molar-refractivity contribution in [3.8, 4) is 0 Å². The van der Waals surface area contributed by atoms with Gasteiger partial charge in [0.05, 0.1) is 0 Å². The van der Waals surface area contributed by atoms with Crippen LogP contribution in [0.2, 0.25) is 0 Å². The molecule has 0 aliphatic heterocycles. The zero-order chi connectivity index (χ0) is 15.7. The molecule has 0 unspecified atom stereocenters. The highest BCUT2D eigenvalue weighted by atomic mass is 16.4. The third-order valence-corrected chi connectivity index (χ3v) is 3.93. The van der Waals surface area contributed by atoms with Crippen LogP contribution < -0.4 is 5.32 Å². The molecule has 0 saturated carbocycles. The van der Waals surface area contributed by atoms with Crippen molar-refractivity contribution < 1.29 is 14.3 Å². The minimum absolute atomic E-state index is 0.0353. The van der Waals surface area contributed by atoms with Gasteiger partial charge in [-0.1, -0.05) is 32.4 Å². The molecule has 114 valence electrons. The molecule has 0 aliphatic rings. The number of fused-ring (bicyclic) bond motifs is 3. The van der Waals surface area contributed by atoms with Crippen molar-refractivity contribution in [2.75, 3.05) is 5.32 Å².